The van der Waals surface area contributed by atoms with Gasteiger partial charge in [-0.3, -0.25) is 0 Å². The molecule has 7 nitrogen and oxygen atoms in total. The van der Waals surface area contributed by atoms with Gasteiger partial charge in [0.1, 0.15) is 12.0 Å². The van der Waals surface area contributed by atoms with Gasteiger partial charge < -0.3 is 24.7 Å². The van der Waals surface area contributed by atoms with Crippen molar-refractivity contribution in [1.29, 1.82) is 0 Å². The highest BCUT2D eigenvalue weighted by Crippen LogP contribution is 2.18. The molecular formula is C25H34IN5O2. The van der Waals surface area contributed by atoms with Crippen LogP contribution in [0, 0.1) is 0 Å². The molecule has 3 aromatic rings. The number of rotatable bonds is 11. The van der Waals surface area contributed by atoms with E-state index in [0.29, 0.717) is 19.0 Å². The van der Waals surface area contributed by atoms with E-state index >= 15 is 0 Å². The van der Waals surface area contributed by atoms with Crippen LogP contribution in [-0.4, -0.2) is 49.6 Å². The average molecular weight is 563 g/mol. The van der Waals surface area contributed by atoms with Crippen LogP contribution < -0.4 is 15.4 Å². The van der Waals surface area contributed by atoms with Crippen molar-refractivity contribution < 1.29 is 9.15 Å². The van der Waals surface area contributed by atoms with Gasteiger partial charge in [0.15, 0.2) is 5.96 Å². The number of hydrogen-bond acceptors (Lipinski definition) is 5. The van der Waals surface area contributed by atoms with E-state index in [1.54, 1.807) is 6.26 Å². The van der Waals surface area contributed by atoms with E-state index in [2.05, 4.69) is 51.7 Å². The Morgan fingerprint density at radius 2 is 1.82 bits per heavy atom. The Morgan fingerprint density at radius 1 is 1.06 bits per heavy atom. The summed E-state index contributed by atoms with van der Waals surface area (Å²) in [6, 6.07) is 18.0. The maximum Gasteiger partial charge on any atom is 0.226 e. The fraction of sp³-hybridized carbons (Fsp3) is 0.360. The molecule has 2 N–H and O–H groups in total. The Labute approximate surface area is 213 Å². The van der Waals surface area contributed by atoms with Crippen molar-refractivity contribution in [3.05, 3.63) is 72.1 Å². The van der Waals surface area contributed by atoms with Crippen LogP contribution in [0.4, 0.5) is 0 Å². The second kappa shape index (κ2) is 14.5. The summed E-state index contributed by atoms with van der Waals surface area (Å²) in [4.78, 5) is 11.4. The van der Waals surface area contributed by atoms with Crippen molar-refractivity contribution in [2.24, 2.45) is 4.99 Å². The van der Waals surface area contributed by atoms with Gasteiger partial charge in [-0.1, -0.05) is 30.3 Å². The SMILES string of the molecule is CCNC(=NCc1ccc(OCCCN(C)C)cc1)NCc1coc(-c2ccccc2)n1.I. The third kappa shape index (κ3) is 9.43. The highest BCUT2D eigenvalue weighted by molar-refractivity contribution is 14.0. The summed E-state index contributed by atoms with van der Waals surface area (Å²) in [5.41, 5.74) is 2.91. The molecule has 33 heavy (non-hydrogen) atoms. The van der Waals surface area contributed by atoms with Gasteiger partial charge >= 0.3 is 0 Å². The molecular weight excluding hydrogens is 529 g/mol. The molecule has 0 saturated carbocycles. The summed E-state index contributed by atoms with van der Waals surface area (Å²) in [5.74, 6) is 2.25. The van der Waals surface area contributed by atoms with Crippen LogP contribution in [0.2, 0.25) is 0 Å². The van der Waals surface area contributed by atoms with Crippen LogP contribution in [0.5, 0.6) is 5.75 Å². The Bertz CT molecular complexity index is 958. The number of halogens is 1. The first-order valence-electron chi connectivity index (χ1n) is 11.0. The number of nitrogens with one attached hydrogen (secondary N) is 2. The van der Waals surface area contributed by atoms with E-state index in [9.17, 15) is 0 Å². The molecule has 0 aliphatic rings. The molecule has 3 rings (SSSR count). The number of aromatic nitrogens is 1. The third-order valence-corrected chi connectivity index (χ3v) is 4.72. The lowest BCUT2D eigenvalue weighted by Gasteiger charge is -2.11. The highest BCUT2D eigenvalue weighted by atomic mass is 127. The predicted molar refractivity (Wildman–Crippen MR) is 144 cm³/mol. The predicted octanol–water partition coefficient (Wildman–Crippen LogP) is 4.55. The van der Waals surface area contributed by atoms with Crippen molar-refractivity contribution in [2.45, 2.75) is 26.4 Å². The van der Waals surface area contributed by atoms with Gasteiger partial charge in [-0.2, -0.15) is 0 Å². The minimum absolute atomic E-state index is 0. The quantitative estimate of drug-likeness (QED) is 0.155. The molecule has 178 valence electrons. The van der Waals surface area contributed by atoms with Crippen LogP contribution in [-0.2, 0) is 13.1 Å². The van der Waals surface area contributed by atoms with Crippen LogP contribution in [0.1, 0.15) is 24.6 Å². The molecule has 0 bridgehead atoms. The Balaban J connectivity index is 0.00000385. The number of aliphatic imine (C=N–C) groups is 1. The monoisotopic (exact) mass is 563 g/mol. The van der Waals surface area contributed by atoms with Crippen molar-refractivity contribution in [2.75, 3.05) is 33.8 Å². The van der Waals surface area contributed by atoms with Crippen LogP contribution >= 0.6 is 24.0 Å². The minimum atomic E-state index is 0. The Kier molecular flexibility index (Phi) is 11.7. The maximum atomic E-state index is 5.79. The van der Waals surface area contributed by atoms with Gasteiger partial charge in [0.05, 0.1) is 25.4 Å². The number of guanidine groups is 1. The van der Waals surface area contributed by atoms with Gasteiger partial charge in [-0.05, 0) is 57.3 Å². The summed E-state index contributed by atoms with van der Waals surface area (Å²) in [6.07, 6.45) is 2.69. The molecule has 0 amide bonds. The third-order valence-electron chi connectivity index (χ3n) is 4.72. The molecule has 1 heterocycles. The van der Waals surface area contributed by atoms with Gasteiger partial charge in [0.2, 0.25) is 5.89 Å². The fourth-order valence-electron chi connectivity index (χ4n) is 3.05. The standard InChI is InChI=1S/C25H33N5O2.HI/c1-4-26-25(28-18-22-19-32-24(29-22)21-9-6-5-7-10-21)27-17-20-11-13-23(14-12-20)31-16-8-15-30(2)3;/h5-7,9-14,19H,4,8,15-18H2,1-3H3,(H2,26,27,28);1H. The van der Waals surface area contributed by atoms with Crippen molar-refractivity contribution in [1.82, 2.24) is 20.5 Å². The summed E-state index contributed by atoms with van der Waals surface area (Å²) >= 11 is 0. The van der Waals surface area contributed by atoms with Crippen LogP contribution in [0.15, 0.2) is 70.3 Å². The molecule has 0 saturated heterocycles. The summed E-state index contributed by atoms with van der Waals surface area (Å²) in [7, 11) is 4.14. The first-order valence-corrected chi connectivity index (χ1v) is 11.0. The van der Waals surface area contributed by atoms with E-state index in [-0.39, 0.29) is 24.0 Å². The largest absolute Gasteiger partial charge is 0.494 e. The second-order valence-corrected chi connectivity index (χ2v) is 7.71. The Hall–Kier alpha value is -2.59. The first-order chi connectivity index (χ1) is 15.6. The Morgan fingerprint density at radius 3 is 2.52 bits per heavy atom. The van der Waals surface area contributed by atoms with E-state index in [1.165, 1.54) is 0 Å². The maximum absolute atomic E-state index is 5.79. The lowest BCUT2D eigenvalue weighted by Crippen LogP contribution is -2.36. The molecule has 0 unspecified atom stereocenters. The van der Waals surface area contributed by atoms with E-state index in [1.807, 2.05) is 49.4 Å². The summed E-state index contributed by atoms with van der Waals surface area (Å²) in [5, 5.41) is 6.58. The van der Waals surface area contributed by atoms with Gasteiger partial charge in [0, 0.05) is 18.7 Å². The molecule has 0 aliphatic carbocycles. The zero-order valence-corrected chi connectivity index (χ0v) is 21.9. The molecule has 2 aromatic carbocycles. The number of hydrogen-bond donors (Lipinski definition) is 2. The fourth-order valence-corrected chi connectivity index (χ4v) is 3.05. The van der Waals surface area contributed by atoms with Gasteiger partial charge in [-0.15, -0.1) is 24.0 Å². The average Bonchev–Trinajstić information content (AvgIpc) is 3.29. The smallest absolute Gasteiger partial charge is 0.226 e. The normalized spacial score (nSPS) is 11.2. The molecule has 0 fully saturated rings. The van der Waals surface area contributed by atoms with Gasteiger partial charge in [-0.25, -0.2) is 9.98 Å². The van der Waals surface area contributed by atoms with Crippen molar-refractivity contribution in [3.63, 3.8) is 0 Å². The van der Waals surface area contributed by atoms with Crippen LogP contribution in [0.25, 0.3) is 11.5 Å². The molecule has 1 aromatic heterocycles. The zero-order chi connectivity index (χ0) is 22.6. The van der Waals surface area contributed by atoms with E-state index in [4.69, 9.17) is 9.15 Å². The van der Waals surface area contributed by atoms with Crippen LogP contribution in [0.3, 0.4) is 0 Å². The molecule has 0 radical (unpaired) electrons. The molecule has 8 heteroatoms. The highest BCUT2D eigenvalue weighted by Gasteiger charge is 2.07. The molecule has 0 aliphatic heterocycles. The van der Waals surface area contributed by atoms with Gasteiger partial charge in [0.25, 0.3) is 0 Å². The second-order valence-electron chi connectivity index (χ2n) is 7.71. The van der Waals surface area contributed by atoms with Crippen molar-refractivity contribution in [3.8, 4) is 17.2 Å². The van der Waals surface area contributed by atoms with Crippen molar-refractivity contribution >= 4 is 29.9 Å². The molecule has 0 spiro atoms. The van der Waals surface area contributed by atoms with E-state index < -0.39 is 0 Å². The number of ether oxygens (including phenoxy) is 1. The minimum Gasteiger partial charge on any atom is -0.494 e. The van der Waals surface area contributed by atoms with E-state index in [0.717, 1.165) is 54.6 Å². The topological polar surface area (TPSA) is 74.9 Å². The number of nitrogens with zero attached hydrogens (tertiary/aromatic N) is 3. The lowest BCUT2D eigenvalue weighted by molar-refractivity contribution is 0.281. The number of oxazole rings is 1. The lowest BCUT2D eigenvalue weighted by atomic mass is 10.2. The zero-order valence-electron chi connectivity index (χ0n) is 19.6. The number of benzene rings is 2. The molecule has 0 atom stereocenters. The summed E-state index contributed by atoms with van der Waals surface area (Å²) < 4.78 is 11.4. The summed E-state index contributed by atoms with van der Waals surface area (Å²) in [6.45, 7) is 5.67. The first kappa shape index (κ1) is 26.7.